The number of thiazole rings is 1. The van der Waals surface area contributed by atoms with Crippen molar-refractivity contribution in [2.75, 3.05) is 0 Å². The molecule has 1 aliphatic rings. The summed E-state index contributed by atoms with van der Waals surface area (Å²) >= 11 is 1.60. The summed E-state index contributed by atoms with van der Waals surface area (Å²) in [5.74, 6) is 0. The van der Waals surface area contributed by atoms with Gasteiger partial charge in [0.2, 0.25) is 0 Å². The Hall–Kier alpha value is -1.95. The second-order valence-corrected chi connectivity index (χ2v) is 6.26. The van der Waals surface area contributed by atoms with Crippen molar-refractivity contribution in [3.63, 3.8) is 0 Å². The highest BCUT2D eigenvalue weighted by atomic mass is 32.1. The van der Waals surface area contributed by atoms with Crippen LogP contribution in [0.4, 0.5) is 4.79 Å². The van der Waals surface area contributed by atoms with Gasteiger partial charge in [0.1, 0.15) is 0 Å². The van der Waals surface area contributed by atoms with E-state index in [0.29, 0.717) is 19.1 Å². The predicted octanol–water partition coefficient (Wildman–Crippen LogP) is 2.72. The molecule has 3 rings (SSSR count). The fourth-order valence-electron chi connectivity index (χ4n) is 2.18. The maximum absolute atomic E-state index is 12.4. The van der Waals surface area contributed by atoms with Gasteiger partial charge in [0.25, 0.3) is 0 Å². The molecule has 2 heterocycles. The van der Waals surface area contributed by atoms with Gasteiger partial charge in [0.05, 0.1) is 29.5 Å². The van der Waals surface area contributed by atoms with E-state index in [-0.39, 0.29) is 6.03 Å². The van der Waals surface area contributed by atoms with Crippen LogP contribution < -0.4 is 5.32 Å². The number of nitrogens with one attached hydrogen (secondary N) is 1. The van der Waals surface area contributed by atoms with Gasteiger partial charge < -0.3 is 10.2 Å². The second-order valence-electron chi connectivity index (χ2n) is 5.20. The van der Waals surface area contributed by atoms with Gasteiger partial charge in [-0.1, -0.05) is 6.07 Å². The minimum Gasteiger partial charge on any atom is -0.332 e. The van der Waals surface area contributed by atoms with E-state index in [4.69, 9.17) is 0 Å². The maximum Gasteiger partial charge on any atom is 0.318 e. The first-order valence-electron chi connectivity index (χ1n) is 7.08. The first-order valence-corrected chi connectivity index (χ1v) is 7.96. The largest absolute Gasteiger partial charge is 0.332 e. The summed E-state index contributed by atoms with van der Waals surface area (Å²) in [5, 5.41) is 5.96. The number of nitrogens with zero attached hydrogens (tertiary/aromatic N) is 3. The quantitative estimate of drug-likeness (QED) is 0.924. The van der Waals surface area contributed by atoms with Crippen LogP contribution in [-0.4, -0.2) is 26.9 Å². The zero-order valence-electron chi connectivity index (χ0n) is 12.0. The van der Waals surface area contributed by atoms with Gasteiger partial charge in [-0.2, -0.15) is 0 Å². The molecule has 2 amide bonds. The van der Waals surface area contributed by atoms with Gasteiger partial charge in [-0.15, -0.1) is 11.3 Å². The zero-order chi connectivity index (χ0) is 14.7. The third kappa shape index (κ3) is 3.78. The molecule has 0 atom stereocenters. The third-order valence-electron chi connectivity index (χ3n) is 3.39. The Balaban J connectivity index is 1.59. The molecule has 1 saturated carbocycles. The molecular weight excluding hydrogens is 284 g/mol. The Labute approximate surface area is 128 Å². The van der Waals surface area contributed by atoms with Gasteiger partial charge in [0, 0.05) is 17.6 Å². The predicted molar refractivity (Wildman–Crippen MR) is 81.9 cm³/mol. The molecule has 110 valence electrons. The minimum atomic E-state index is -0.0335. The van der Waals surface area contributed by atoms with E-state index in [2.05, 4.69) is 15.3 Å². The lowest BCUT2D eigenvalue weighted by Gasteiger charge is -2.22. The van der Waals surface area contributed by atoms with Crippen molar-refractivity contribution in [2.24, 2.45) is 0 Å². The molecule has 21 heavy (non-hydrogen) atoms. The highest BCUT2D eigenvalue weighted by Crippen LogP contribution is 2.28. The minimum absolute atomic E-state index is 0.0335. The monoisotopic (exact) mass is 302 g/mol. The number of amides is 2. The van der Waals surface area contributed by atoms with E-state index < -0.39 is 0 Å². The molecule has 5 nitrogen and oxygen atoms in total. The van der Waals surface area contributed by atoms with Crippen LogP contribution >= 0.6 is 11.3 Å². The average Bonchev–Trinajstić information content (AvgIpc) is 3.25. The molecule has 2 aromatic rings. The summed E-state index contributed by atoms with van der Waals surface area (Å²) in [5.41, 5.74) is 1.84. The van der Waals surface area contributed by atoms with Crippen molar-refractivity contribution >= 4 is 17.4 Å². The molecular formula is C15H18N4OS. The van der Waals surface area contributed by atoms with Gasteiger partial charge in [-0.3, -0.25) is 4.98 Å². The number of hydrogen-bond acceptors (Lipinski definition) is 4. The number of pyridine rings is 1. The van der Waals surface area contributed by atoms with Crippen molar-refractivity contribution in [1.29, 1.82) is 0 Å². The van der Waals surface area contributed by atoms with E-state index in [0.717, 1.165) is 29.2 Å². The van der Waals surface area contributed by atoms with E-state index in [1.54, 1.807) is 17.5 Å². The lowest BCUT2D eigenvalue weighted by atomic mass is 10.3. The number of hydrogen-bond donors (Lipinski definition) is 1. The molecule has 0 aliphatic heterocycles. The van der Waals surface area contributed by atoms with Crippen molar-refractivity contribution in [3.05, 3.63) is 46.2 Å². The summed E-state index contributed by atoms with van der Waals surface area (Å²) in [6.07, 6.45) is 3.92. The number of urea groups is 1. The smallest absolute Gasteiger partial charge is 0.318 e. The molecule has 2 aromatic heterocycles. The molecule has 1 aliphatic carbocycles. The van der Waals surface area contributed by atoms with Gasteiger partial charge in [-0.05, 0) is 31.9 Å². The molecule has 1 fully saturated rings. The zero-order valence-corrected chi connectivity index (χ0v) is 12.8. The van der Waals surface area contributed by atoms with Crippen LogP contribution in [0.3, 0.4) is 0 Å². The Morgan fingerprint density at radius 3 is 2.90 bits per heavy atom. The number of carbonyl (C=O) groups excluding carboxylic acids is 1. The summed E-state index contributed by atoms with van der Waals surface area (Å²) < 4.78 is 0. The number of aromatic nitrogens is 2. The summed E-state index contributed by atoms with van der Waals surface area (Å²) in [6.45, 7) is 3.01. The summed E-state index contributed by atoms with van der Waals surface area (Å²) in [4.78, 5) is 22.9. The topological polar surface area (TPSA) is 58.1 Å². The lowest BCUT2D eigenvalue weighted by molar-refractivity contribution is 0.190. The van der Waals surface area contributed by atoms with Crippen LogP contribution in [0.2, 0.25) is 0 Å². The summed E-state index contributed by atoms with van der Waals surface area (Å²) in [6, 6.07) is 6.10. The van der Waals surface area contributed by atoms with Crippen molar-refractivity contribution < 1.29 is 4.79 Å². The van der Waals surface area contributed by atoms with E-state index >= 15 is 0 Å². The van der Waals surface area contributed by atoms with Gasteiger partial charge >= 0.3 is 6.03 Å². The van der Waals surface area contributed by atoms with E-state index in [1.165, 1.54) is 0 Å². The Morgan fingerprint density at radius 2 is 2.29 bits per heavy atom. The normalized spacial score (nSPS) is 14.0. The van der Waals surface area contributed by atoms with Crippen LogP contribution in [-0.2, 0) is 13.1 Å². The Morgan fingerprint density at radius 1 is 1.43 bits per heavy atom. The third-order valence-corrected chi connectivity index (χ3v) is 4.22. The summed E-state index contributed by atoms with van der Waals surface area (Å²) in [7, 11) is 0. The van der Waals surface area contributed by atoms with Crippen LogP contribution in [0.15, 0.2) is 29.8 Å². The highest BCUT2D eigenvalue weighted by molar-refractivity contribution is 7.09. The molecule has 0 bridgehead atoms. The maximum atomic E-state index is 12.4. The number of rotatable bonds is 5. The molecule has 0 radical (unpaired) electrons. The fraction of sp³-hybridized carbons (Fsp3) is 0.400. The van der Waals surface area contributed by atoms with Crippen LogP contribution in [0.5, 0.6) is 0 Å². The Kier molecular flexibility index (Phi) is 4.15. The molecule has 0 unspecified atom stereocenters. The molecule has 1 N–H and O–H groups in total. The molecule has 0 spiro atoms. The van der Waals surface area contributed by atoms with Crippen LogP contribution in [0.25, 0.3) is 0 Å². The van der Waals surface area contributed by atoms with Crippen LogP contribution in [0.1, 0.15) is 29.2 Å². The number of carbonyl (C=O) groups is 1. The first kappa shape index (κ1) is 14.0. The lowest BCUT2D eigenvalue weighted by Crippen LogP contribution is -2.40. The van der Waals surface area contributed by atoms with Crippen molar-refractivity contribution in [1.82, 2.24) is 20.2 Å². The van der Waals surface area contributed by atoms with E-state index in [1.807, 2.05) is 35.4 Å². The van der Waals surface area contributed by atoms with Gasteiger partial charge in [0.15, 0.2) is 0 Å². The van der Waals surface area contributed by atoms with Gasteiger partial charge in [-0.25, -0.2) is 9.78 Å². The molecule has 6 heteroatoms. The SMILES string of the molecule is Cc1nc(CNC(=O)N(Cc2ccccn2)C2CC2)cs1. The van der Waals surface area contributed by atoms with Crippen molar-refractivity contribution in [2.45, 2.75) is 38.9 Å². The number of aryl methyl sites for hydroxylation is 1. The molecule has 0 aromatic carbocycles. The highest BCUT2D eigenvalue weighted by Gasteiger charge is 2.32. The standard InChI is InChI=1S/C15H18N4OS/c1-11-18-13(10-21-11)8-17-15(20)19(14-5-6-14)9-12-4-2-3-7-16-12/h2-4,7,10,14H,5-6,8-9H2,1H3,(H,17,20). The average molecular weight is 302 g/mol. The van der Waals surface area contributed by atoms with E-state index in [9.17, 15) is 4.79 Å². The second kappa shape index (κ2) is 6.22. The van der Waals surface area contributed by atoms with Crippen molar-refractivity contribution in [3.8, 4) is 0 Å². The fourth-order valence-corrected chi connectivity index (χ4v) is 2.79. The first-order chi connectivity index (χ1) is 10.2. The Bertz CT molecular complexity index is 609. The van der Waals surface area contributed by atoms with Crippen LogP contribution in [0, 0.1) is 6.92 Å². The molecule has 0 saturated heterocycles.